The van der Waals surface area contributed by atoms with Crippen molar-refractivity contribution in [3.8, 4) is 0 Å². The molecular weight excluding hydrogens is 444 g/mol. The summed E-state index contributed by atoms with van der Waals surface area (Å²) in [5.41, 5.74) is 5.58. The largest absolute Gasteiger partial charge is 0.481 e. The predicted molar refractivity (Wildman–Crippen MR) is 118 cm³/mol. The van der Waals surface area contributed by atoms with E-state index >= 15 is 0 Å². The lowest BCUT2D eigenvalue weighted by Gasteiger charge is -2.26. The SMILES string of the molecule is CCC(C)C(NC(=O)C(CC(=O)O)NC(=O)C(CCSC)NC(=O)C(N)C(C)O)C(=O)O. The highest BCUT2D eigenvalue weighted by Gasteiger charge is 2.33. The first kappa shape index (κ1) is 29.6. The summed E-state index contributed by atoms with van der Waals surface area (Å²) < 4.78 is 0. The Labute approximate surface area is 191 Å². The summed E-state index contributed by atoms with van der Waals surface area (Å²) >= 11 is 1.39. The minimum Gasteiger partial charge on any atom is -0.481 e. The molecule has 0 saturated heterocycles. The Hall–Kier alpha value is -2.38. The maximum atomic E-state index is 12.8. The zero-order chi connectivity index (χ0) is 25.0. The standard InChI is InChI=1S/C19H34N4O8S/c1-5-9(2)15(19(30)31)23-17(28)12(8-13(25)26)22-16(27)11(6-7-32-4)21-18(29)14(20)10(3)24/h9-12,14-15,24H,5-8,20H2,1-4H3,(H,21,29)(H,22,27)(H,23,28)(H,25,26)(H,30,31). The summed E-state index contributed by atoms with van der Waals surface area (Å²) in [7, 11) is 0. The summed E-state index contributed by atoms with van der Waals surface area (Å²) in [4.78, 5) is 60.2. The Balaban J connectivity index is 5.54. The van der Waals surface area contributed by atoms with E-state index in [1.54, 1.807) is 20.1 Å². The molecule has 0 aromatic heterocycles. The predicted octanol–water partition coefficient (Wildman–Crippen LogP) is -1.49. The number of carbonyl (C=O) groups excluding carboxylic acids is 3. The van der Waals surface area contributed by atoms with Gasteiger partial charge in [0.15, 0.2) is 0 Å². The van der Waals surface area contributed by atoms with Gasteiger partial charge in [-0.05, 0) is 31.3 Å². The average Bonchev–Trinajstić information content (AvgIpc) is 2.71. The minimum absolute atomic E-state index is 0.150. The molecule has 12 nitrogen and oxygen atoms in total. The van der Waals surface area contributed by atoms with E-state index in [0.29, 0.717) is 12.2 Å². The summed E-state index contributed by atoms with van der Waals surface area (Å²) in [6, 6.07) is -5.26. The van der Waals surface area contributed by atoms with Crippen molar-refractivity contribution in [3.63, 3.8) is 0 Å². The molecule has 0 saturated carbocycles. The van der Waals surface area contributed by atoms with Gasteiger partial charge in [-0.3, -0.25) is 19.2 Å². The van der Waals surface area contributed by atoms with Crippen molar-refractivity contribution in [2.24, 2.45) is 11.7 Å². The summed E-state index contributed by atoms with van der Waals surface area (Å²) in [5, 5.41) is 34.9. The second kappa shape index (κ2) is 14.6. The molecule has 0 aliphatic rings. The second-order valence-electron chi connectivity index (χ2n) is 7.48. The molecule has 6 unspecified atom stereocenters. The normalized spacial score (nSPS) is 16.6. The van der Waals surface area contributed by atoms with Crippen LogP contribution in [0.25, 0.3) is 0 Å². The maximum Gasteiger partial charge on any atom is 0.326 e. The van der Waals surface area contributed by atoms with E-state index < -0.39 is 72.3 Å². The quantitative estimate of drug-likeness (QED) is 0.145. The summed E-state index contributed by atoms with van der Waals surface area (Å²) in [6.45, 7) is 4.66. The molecule has 32 heavy (non-hydrogen) atoms. The van der Waals surface area contributed by atoms with Gasteiger partial charge in [0.2, 0.25) is 17.7 Å². The maximum absolute atomic E-state index is 12.8. The Morgan fingerprint density at radius 2 is 1.47 bits per heavy atom. The fourth-order valence-electron chi connectivity index (χ4n) is 2.58. The molecule has 8 N–H and O–H groups in total. The molecule has 0 aromatic carbocycles. The average molecular weight is 479 g/mol. The van der Waals surface area contributed by atoms with E-state index in [2.05, 4.69) is 16.0 Å². The van der Waals surface area contributed by atoms with Crippen molar-refractivity contribution in [1.29, 1.82) is 0 Å². The van der Waals surface area contributed by atoms with Gasteiger partial charge < -0.3 is 37.0 Å². The van der Waals surface area contributed by atoms with Crippen LogP contribution in [0.15, 0.2) is 0 Å². The Morgan fingerprint density at radius 3 is 1.91 bits per heavy atom. The zero-order valence-electron chi connectivity index (χ0n) is 18.7. The van der Waals surface area contributed by atoms with E-state index in [0.717, 1.165) is 0 Å². The molecule has 0 bridgehead atoms. The van der Waals surface area contributed by atoms with Crippen LogP contribution in [-0.2, 0) is 24.0 Å². The number of nitrogens with two attached hydrogens (primary N) is 1. The molecule has 13 heteroatoms. The van der Waals surface area contributed by atoms with Crippen LogP contribution in [0.1, 0.15) is 40.0 Å². The van der Waals surface area contributed by atoms with Crippen LogP contribution in [0.3, 0.4) is 0 Å². The highest BCUT2D eigenvalue weighted by molar-refractivity contribution is 7.98. The van der Waals surface area contributed by atoms with Gasteiger partial charge in [-0.15, -0.1) is 0 Å². The van der Waals surface area contributed by atoms with Crippen LogP contribution in [-0.4, -0.2) is 87.3 Å². The van der Waals surface area contributed by atoms with Crippen molar-refractivity contribution in [3.05, 3.63) is 0 Å². The second-order valence-corrected chi connectivity index (χ2v) is 8.46. The number of hydrogen-bond acceptors (Lipinski definition) is 8. The number of hydrogen-bond donors (Lipinski definition) is 7. The minimum atomic E-state index is -1.56. The lowest BCUT2D eigenvalue weighted by Crippen LogP contribution is -2.59. The van der Waals surface area contributed by atoms with Gasteiger partial charge in [0.25, 0.3) is 0 Å². The number of thioether (sulfide) groups is 1. The molecule has 6 atom stereocenters. The molecule has 0 radical (unpaired) electrons. The van der Waals surface area contributed by atoms with Gasteiger partial charge in [-0.1, -0.05) is 20.3 Å². The first-order valence-electron chi connectivity index (χ1n) is 10.1. The highest BCUT2D eigenvalue weighted by Crippen LogP contribution is 2.09. The molecule has 0 aromatic rings. The van der Waals surface area contributed by atoms with E-state index in [-0.39, 0.29) is 6.42 Å². The molecular formula is C19H34N4O8S. The number of carbonyl (C=O) groups is 5. The van der Waals surface area contributed by atoms with E-state index in [1.807, 2.05) is 0 Å². The third kappa shape index (κ3) is 10.3. The van der Waals surface area contributed by atoms with Crippen molar-refractivity contribution in [2.45, 2.75) is 70.3 Å². The third-order valence-electron chi connectivity index (χ3n) is 4.85. The molecule has 0 heterocycles. The zero-order valence-corrected chi connectivity index (χ0v) is 19.5. The topological polar surface area (TPSA) is 208 Å². The summed E-state index contributed by atoms with van der Waals surface area (Å²) in [5.74, 6) is -5.25. The van der Waals surface area contributed by atoms with E-state index in [4.69, 9.17) is 10.8 Å². The first-order chi connectivity index (χ1) is 14.8. The molecule has 0 spiro atoms. The Bertz CT molecular complexity index is 676. The van der Waals surface area contributed by atoms with Gasteiger partial charge in [-0.2, -0.15) is 11.8 Å². The van der Waals surface area contributed by atoms with Crippen molar-refractivity contribution in [2.75, 3.05) is 12.0 Å². The van der Waals surface area contributed by atoms with Gasteiger partial charge >= 0.3 is 11.9 Å². The molecule has 184 valence electrons. The van der Waals surface area contributed by atoms with E-state index in [1.165, 1.54) is 18.7 Å². The van der Waals surface area contributed by atoms with Crippen LogP contribution in [0.2, 0.25) is 0 Å². The number of aliphatic hydroxyl groups excluding tert-OH is 1. The molecule has 0 aliphatic heterocycles. The molecule has 0 fully saturated rings. The van der Waals surface area contributed by atoms with Crippen LogP contribution in [0.5, 0.6) is 0 Å². The number of carboxylic acids is 2. The van der Waals surface area contributed by atoms with Crippen molar-refractivity contribution in [1.82, 2.24) is 16.0 Å². The van der Waals surface area contributed by atoms with Crippen LogP contribution >= 0.6 is 11.8 Å². The molecule has 0 aliphatic carbocycles. The van der Waals surface area contributed by atoms with E-state index in [9.17, 15) is 34.2 Å². The third-order valence-corrected chi connectivity index (χ3v) is 5.50. The highest BCUT2D eigenvalue weighted by atomic mass is 32.2. The number of aliphatic hydroxyl groups is 1. The first-order valence-corrected chi connectivity index (χ1v) is 11.5. The van der Waals surface area contributed by atoms with Gasteiger partial charge in [0.1, 0.15) is 24.2 Å². The molecule has 3 amide bonds. The number of amides is 3. The fourth-order valence-corrected chi connectivity index (χ4v) is 3.06. The Kier molecular flexibility index (Phi) is 13.5. The van der Waals surface area contributed by atoms with Crippen LogP contribution < -0.4 is 21.7 Å². The van der Waals surface area contributed by atoms with Gasteiger partial charge in [0.05, 0.1) is 12.5 Å². The van der Waals surface area contributed by atoms with Crippen LogP contribution in [0.4, 0.5) is 0 Å². The number of carboxylic acid groups (broad SMARTS) is 2. The van der Waals surface area contributed by atoms with Gasteiger partial charge in [0, 0.05) is 0 Å². The molecule has 0 rings (SSSR count). The number of aliphatic carboxylic acids is 2. The number of rotatable bonds is 15. The van der Waals surface area contributed by atoms with Crippen molar-refractivity contribution < 1.29 is 39.3 Å². The summed E-state index contributed by atoms with van der Waals surface area (Å²) in [6.07, 6.45) is 0.413. The smallest absolute Gasteiger partial charge is 0.326 e. The number of nitrogens with one attached hydrogen (secondary N) is 3. The van der Waals surface area contributed by atoms with Crippen LogP contribution in [0, 0.1) is 5.92 Å². The Morgan fingerprint density at radius 1 is 0.938 bits per heavy atom. The monoisotopic (exact) mass is 478 g/mol. The van der Waals surface area contributed by atoms with Crippen molar-refractivity contribution >= 4 is 41.4 Å². The lowest BCUT2D eigenvalue weighted by molar-refractivity contribution is -0.144. The fraction of sp³-hybridized carbons (Fsp3) is 0.737. The lowest BCUT2D eigenvalue weighted by atomic mass is 9.98. The van der Waals surface area contributed by atoms with Gasteiger partial charge in [-0.25, -0.2) is 4.79 Å².